The SMILES string of the molecule is c1ccc(-c2ccc(-c3cc(-c4ccc(-n5c6ccccc6c6cc7c(cc65)c5ccccc5n7-c5cccc(-c6ccccc6)c5)cc4)cc(-c4ccc(-c5ccccc5)cc4)n3)cc2)cc1. The van der Waals surface area contributed by atoms with Crippen LogP contribution in [0.5, 0.6) is 0 Å². The molecule has 3 heteroatoms. The van der Waals surface area contributed by atoms with Gasteiger partial charge in [-0.3, -0.25) is 0 Å². The molecule has 0 aliphatic heterocycles. The number of aromatic nitrogens is 3. The van der Waals surface area contributed by atoms with Crippen LogP contribution in [0.3, 0.4) is 0 Å². The maximum atomic E-state index is 5.31. The second-order valence-corrected chi connectivity index (χ2v) is 17.6. The van der Waals surface area contributed by atoms with Gasteiger partial charge in [-0.15, -0.1) is 0 Å². The van der Waals surface area contributed by atoms with E-state index in [0.717, 1.165) is 45.0 Å². The molecule has 0 spiro atoms. The van der Waals surface area contributed by atoms with Crippen molar-refractivity contribution in [3.05, 3.63) is 261 Å². The van der Waals surface area contributed by atoms with Crippen LogP contribution in [0.25, 0.3) is 122 Å². The molecule has 0 unspecified atom stereocenters. The van der Waals surface area contributed by atoms with Gasteiger partial charge >= 0.3 is 0 Å². The predicted octanol–water partition coefficient (Wildman–Crippen LogP) is 17.3. The summed E-state index contributed by atoms with van der Waals surface area (Å²) in [6.07, 6.45) is 0. The second-order valence-electron chi connectivity index (χ2n) is 17.6. The first-order chi connectivity index (χ1) is 33.7. The molecule has 0 aliphatic carbocycles. The molecule has 13 aromatic rings. The van der Waals surface area contributed by atoms with Crippen molar-refractivity contribution >= 4 is 43.6 Å². The zero-order chi connectivity index (χ0) is 45.0. The van der Waals surface area contributed by atoms with Gasteiger partial charge in [0.15, 0.2) is 0 Å². The van der Waals surface area contributed by atoms with Crippen LogP contribution in [-0.4, -0.2) is 14.1 Å². The maximum Gasteiger partial charge on any atom is 0.0715 e. The quantitative estimate of drug-likeness (QED) is 0.149. The highest BCUT2D eigenvalue weighted by atomic mass is 15.0. The monoisotopic (exact) mass is 865 g/mol. The van der Waals surface area contributed by atoms with E-state index < -0.39 is 0 Å². The van der Waals surface area contributed by atoms with Crippen LogP contribution in [0.2, 0.25) is 0 Å². The molecule has 0 bridgehead atoms. The molecule has 0 atom stereocenters. The summed E-state index contributed by atoms with van der Waals surface area (Å²) in [5.41, 5.74) is 20.4. The average Bonchev–Trinajstić information content (AvgIpc) is 3.93. The first kappa shape index (κ1) is 39.3. The highest BCUT2D eigenvalue weighted by Gasteiger charge is 2.19. The van der Waals surface area contributed by atoms with Crippen LogP contribution in [0.4, 0.5) is 0 Å². The molecule has 3 nitrogen and oxygen atoms in total. The summed E-state index contributed by atoms with van der Waals surface area (Å²) in [7, 11) is 0. The standard InChI is InChI=1S/C65H43N3/c1-4-15-44(16-5-1)47-27-31-50(32-28-47)60-40-53(41-61(66-60)51-33-29-48(30-34-51)45-17-6-2-7-18-45)49-35-37-54(38-36-49)67-62-25-12-10-23-56(62)58-43-65-59(42-64(58)67)57-24-11-13-26-63(57)68(65)55-22-14-21-52(39-55)46-19-8-3-9-20-46/h1-43H. The number of para-hydroxylation sites is 2. The molecule has 10 aromatic carbocycles. The van der Waals surface area contributed by atoms with Crippen molar-refractivity contribution in [3.8, 4) is 78.4 Å². The molecule has 0 radical (unpaired) electrons. The van der Waals surface area contributed by atoms with E-state index in [-0.39, 0.29) is 0 Å². The van der Waals surface area contributed by atoms with E-state index in [1.165, 1.54) is 77.0 Å². The fourth-order valence-corrected chi connectivity index (χ4v) is 10.2. The van der Waals surface area contributed by atoms with Gasteiger partial charge < -0.3 is 9.13 Å². The van der Waals surface area contributed by atoms with Gasteiger partial charge in [0.2, 0.25) is 0 Å². The van der Waals surface area contributed by atoms with Gasteiger partial charge in [0.05, 0.1) is 33.5 Å². The third kappa shape index (κ3) is 6.88. The minimum absolute atomic E-state index is 0.936. The number of benzene rings is 10. The van der Waals surface area contributed by atoms with Crippen LogP contribution in [0.1, 0.15) is 0 Å². The lowest BCUT2D eigenvalue weighted by molar-refractivity contribution is 1.17. The van der Waals surface area contributed by atoms with Crippen LogP contribution < -0.4 is 0 Å². The van der Waals surface area contributed by atoms with E-state index in [4.69, 9.17) is 4.98 Å². The van der Waals surface area contributed by atoms with Crippen molar-refractivity contribution in [2.45, 2.75) is 0 Å². The summed E-state index contributed by atoms with van der Waals surface area (Å²) in [5.74, 6) is 0. The minimum atomic E-state index is 0.936. The molecule has 13 rings (SSSR count). The van der Waals surface area contributed by atoms with E-state index in [1.54, 1.807) is 0 Å². The van der Waals surface area contributed by atoms with Crippen molar-refractivity contribution in [2.75, 3.05) is 0 Å². The van der Waals surface area contributed by atoms with E-state index >= 15 is 0 Å². The highest BCUT2D eigenvalue weighted by Crippen LogP contribution is 2.41. The molecule has 0 N–H and O–H groups in total. The number of rotatable bonds is 8. The zero-order valence-electron chi connectivity index (χ0n) is 37.2. The number of fused-ring (bicyclic) bond motifs is 6. The summed E-state index contributed by atoms with van der Waals surface area (Å²) >= 11 is 0. The third-order valence-corrected chi connectivity index (χ3v) is 13.5. The Morgan fingerprint density at radius 1 is 0.206 bits per heavy atom. The van der Waals surface area contributed by atoms with Gasteiger partial charge in [-0.25, -0.2) is 4.98 Å². The summed E-state index contributed by atoms with van der Waals surface area (Å²) in [6.45, 7) is 0. The molecule has 0 fully saturated rings. The van der Waals surface area contributed by atoms with Gasteiger partial charge in [0, 0.05) is 44.0 Å². The summed E-state index contributed by atoms with van der Waals surface area (Å²) in [4.78, 5) is 5.31. The Balaban J connectivity index is 0.928. The Labute approximate surface area is 395 Å². The number of nitrogens with zero attached hydrogens (tertiary/aromatic N) is 3. The third-order valence-electron chi connectivity index (χ3n) is 13.5. The molecule has 318 valence electrons. The Bertz CT molecular complexity index is 3860. The molecule has 68 heavy (non-hydrogen) atoms. The molecule has 3 heterocycles. The molecule has 3 aromatic heterocycles. The Morgan fingerprint density at radius 3 is 1.07 bits per heavy atom. The van der Waals surface area contributed by atoms with Crippen LogP contribution in [0.15, 0.2) is 261 Å². The molecular formula is C65H43N3. The lowest BCUT2D eigenvalue weighted by Crippen LogP contribution is -1.95. The normalized spacial score (nSPS) is 11.5. The van der Waals surface area contributed by atoms with E-state index in [0.29, 0.717) is 0 Å². The first-order valence-corrected chi connectivity index (χ1v) is 23.3. The number of pyridine rings is 1. The highest BCUT2D eigenvalue weighted by molar-refractivity contribution is 6.19. The Morgan fingerprint density at radius 2 is 0.574 bits per heavy atom. The second kappa shape index (κ2) is 16.4. The van der Waals surface area contributed by atoms with E-state index in [9.17, 15) is 0 Å². The van der Waals surface area contributed by atoms with Gasteiger partial charge in [-0.2, -0.15) is 0 Å². The van der Waals surface area contributed by atoms with Crippen molar-refractivity contribution in [3.63, 3.8) is 0 Å². The topological polar surface area (TPSA) is 22.8 Å². The van der Waals surface area contributed by atoms with Crippen LogP contribution in [-0.2, 0) is 0 Å². The molecule has 0 aliphatic rings. The van der Waals surface area contributed by atoms with Crippen molar-refractivity contribution in [2.24, 2.45) is 0 Å². The van der Waals surface area contributed by atoms with Gasteiger partial charge in [0.25, 0.3) is 0 Å². The number of hydrogen-bond donors (Lipinski definition) is 0. The number of hydrogen-bond acceptors (Lipinski definition) is 1. The lowest BCUT2D eigenvalue weighted by Gasteiger charge is -2.13. The molecule has 0 saturated heterocycles. The van der Waals surface area contributed by atoms with E-state index in [1.807, 2.05) is 0 Å². The molecule has 0 amide bonds. The predicted molar refractivity (Wildman–Crippen MR) is 286 cm³/mol. The Kier molecular flexibility index (Phi) is 9.50. The van der Waals surface area contributed by atoms with Crippen molar-refractivity contribution in [1.82, 2.24) is 14.1 Å². The van der Waals surface area contributed by atoms with Gasteiger partial charge in [0.1, 0.15) is 0 Å². The molecular weight excluding hydrogens is 823 g/mol. The summed E-state index contributed by atoms with van der Waals surface area (Å²) in [6, 6.07) is 94.2. The maximum absolute atomic E-state index is 5.31. The largest absolute Gasteiger partial charge is 0.309 e. The smallest absolute Gasteiger partial charge is 0.0715 e. The lowest BCUT2D eigenvalue weighted by atomic mass is 9.97. The average molecular weight is 866 g/mol. The summed E-state index contributed by atoms with van der Waals surface area (Å²) in [5, 5.41) is 4.91. The summed E-state index contributed by atoms with van der Waals surface area (Å²) < 4.78 is 4.87. The van der Waals surface area contributed by atoms with Gasteiger partial charge in [-0.1, -0.05) is 200 Å². The fourth-order valence-electron chi connectivity index (χ4n) is 10.2. The fraction of sp³-hybridized carbons (Fsp3) is 0. The molecule has 0 saturated carbocycles. The van der Waals surface area contributed by atoms with E-state index in [2.05, 4.69) is 270 Å². The first-order valence-electron chi connectivity index (χ1n) is 23.3. The van der Waals surface area contributed by atoms with Crippen molar-refractivity contribution in [1.29, 1.82) is 0 Å². The zero-order valence-corrected chi connectivity index (χ0v) is 37.2. The Hall–Kier alpha value is -9.05. The van der Waals surface area contributed by atoms with Gasteiger partial charge in [-0.05, 0) is 105 Å². The van der Waals surface area contributed by atoms with Crippen LogP contribution in [0, 0.1) is 0 Å². The minimum Gasteiger partial charge on any atom is -0.309 e. The van der Waals surface area contributed by atoms with Crippen molar-refractivity contribution < 1.29 is 0 Å². The van der Waals surface area contributed by atoms with Crippen LogP contribution >= 0.6 is 0 Å².